The Morgan fingerprint density at radius 2 is 2.16 bits per heavy atom. The Kier molecular flexibility index (Phi) is 3.99. The van der Waals surface area contributed by atoms with Crippen LogP contribution >= 0.6 is 0 Å². The second kappa shape index (κ2) is 5.69. The monoisotopic (exact) mass is 266 g/mol. The van der Waals surface area contributed by atoms with Crippen molar-refractivity contribution >= 4 is 12.1 Å². The van der Waals surface area contributed by atoms with Gasteiger partial charge >= 0.3 is 12.1 Å². The SMILES string of the molecule is CCCNC(=O)N1CC(c2ccc(F)cc2)OC1=O. The van der Waals surface area contributed by atoms with Gasteiger partial charge in [0, 0.05) is 6.54 Å². The number of hydrogen-bond acceptors (Lipinski definition) is 3. The number of rotatable bonds is 3. The van der Waals surface area contributed by atoms with Gasteiger partial charge in [0.25, 0.3) is 0 Å². The van der Waals surface area contributed by atoms with Gasteiger partial charge in [0.05, 0.1) is 6.54 Å². The van der Waals surface area contributed by atoms with Crippen LogP contribution in [-0.4, -0.2) is 30.1 Å². The number of amides is 3. The van der Waals surface area contributed by atoms with E-state index >= 15 is 0 Å². The maximum Gasteiger partial charge on any atom is 0.418 e. The molecule has 0 radical (unpaired) electrons. The Bertz CT molecular complexity index is 475. The van der Waals surface area contributed by atoms with Gasteiger partial charge in [0.2, 0.25) is 0 Å². The molecule has 19 heavy (non-hydrogen) atoms. The van der Waals surface area contributed by atoms with Gasteiger partial charge in [-0.15, -0.1) is 0 Å². The number of carbonyl (C=O) groups excluding carboxylic acids is 2. The lowest BCUT2D eigenvalue weighted by molar-refractivity contribution is 0.134. The van der Waals surface area contributed by atoms with Crippen LogP contribution in [0.2, 0.25) is 0 Å². The van der Waals surface area contributed by atoms with Crippen LogP contribution in [0.4, 0.5) is 14.0 Å². The largest absolute Gasteiger partial charge is 0.439 e. The molecule has 0 spiro atoms. The van der Waals surface area contributed by atoms with E-state index in [0.717, 1.165) is 11.3 Å². The van der Waals surface area contributed by atoms with Gasteiger partial charge in [-0.1, -0.05) is 19.1 Å². The van der Waals surface area contributed by atoms with Crippen molar-refractivity contribution in [3.8, 4) is 0 Å². The smallest absolute Gasteiger partial charge is 0.418 e. The first-order chi connectivity index (χ1) is 9.11. The van der Waals surface area contributed by atoms with E-state index in [9.17, 15) is 14.0 Å². The number of cyclic esters (lactones) is 1. The van der Waals surface area contributed by atoms with E-state index in [2.05, 4.69) is 5.32 Å². The van der Waals surface area contributed by atoms with Crippen LogP contribution in [0.5, 0.6) is 0 Å². The van der Waals surface area contributed by atoms with E-state index in [4.69, 9.17) is 4.74 Å². The molecule has 102 valence electrons. The van der Waals surface area contributed by atoms with Crippen molar-refractivity contribution in [2.24, 2.45) is 0 Å². The van der Waals surface area contributed by atoms with Gasteiger partial charge in [0.1, 0.15) is 11.9 Å². The summed E-state index contributed by atoms with van der Waals surface area (Å²) in [4.78, 5) is 24.3. The van der Waals surface area contributed by atoms with Crippen LogP contribution in [0.3, 0.4) is 0 Å². The molecule has 2 rings (SSSR count). The summed E-state index contributed by atoms with van der Waals surface area (Å²) in [6, 6.07) is 5.21. The van der Waals surface area contributed by atoms with E-state index in [1.54, 1.807) is 12.1 Å². The maximum atomic E-state index is 12.8. The average molecular weight is 266 g/mol. The van der Waals surface area contributed by atoms with Gasteiger partial charge in [-0.05, 0) is 24.1 Å². The Morgan fingerprint density at radius 1 is 1.47 bits per heavy atom. The Labute approximate surface area is 110 Å². The van der Waals surface area contributed by atoms with E-state index in [1.165, 1.54) is 12.1 Å². The standard InChI is InChI=1S/C13H15FN2O3/c1-2-7-15-12(17)16-8-11(19-13(16)18)9-3-5-10(14)6-4-9/h3-6,11H,2,7-8H2,1H3,(H,15,17). The third-order valence-electron chi connectivity index (χ3n) is 2.83. The van der Waals surface area contributed by atoms with Crippen molar-refractivity contribution < 1.29 is 18.7 Å². The fourth-order valence-electron chi connectivity index (χ4n) is 1.81. The van der Waals surface area contributed by atoms with E-state index in [0.29, 0.717) is 12.1 Å². The number of benzene rings is 1. The van der Waals surface area contributed by atoms with Crippen molar-refractivity contribution in [2.75, 3.05) is 13.1 Å². The second-order valence-electron chi connectivity index (χ2n) is 4.27. The van der Waals surface area contributed by atoms with Crippen LogP contribution in [0, 0.1) is 5.82 Å². The minimum absolute atomic E-state index is 0.139. The summed E-state index contributed by atoms with van der Waals surface area (Å²) in [5.74, 6) is -0.356. The number of imide groups is 1. The number of hydrogen-bond donors (Lipinski definition) is 1. The van der Waals surface area contributed by atoms with Crippen molar-refractivity contribution in [3.63, 3.8) is 0 Å². The molecule has 1 saturated heterocycles. The molecule has 1 N–H and O–H groups in total. The molecule has 0 aromatic heterocycles. The second-order valence-corrected chi connectivity index (χ2v) is 4.27. The third kappa shape index (κ3) is 3.01. The van der Waals surface area contributed by atoms with Crippen molar-refractivity contribution in [3.05, 3.63) is 35.6 Å². The fraction of sp³-hybridized carbons (Fsp3) is 0.385. The molecule has 5 nitrogen and oxygen atoms in total. The minimum Gasteiger partial charge on any atom is -0.439 e. The number of ether oxygens (including phenoxy) is 1. The zero-order valence-electron chi connectivity index (χ0n) is 10.6. The lowest BCUT2D eigenvalue weighted by atomic mass is 10.1. The normalized spacial score (nSPS) is 18.3. The highest BCUT2D eigenvalue weighted by Gasteiger charge is 2.36. The maximum absolute atomic E-state index is 12.8. The number of carbonyl (C=O) groups is 2. The van der Waals surface area contributed by atoms with Gasteiger partial charge < -0.3 is 10.1 Å². The first kappa shape index (κ1) is 13.3. The molecule has 3 amide bonds. The number of nitrogens with one attached hydrogen (secondary N) is 1. The van der Waals surface area contributed by atoms with E-state index in [-0.39, 0.29) is 12.4 Å². The minimum atomic E-state index is -0.678. The highest BCUT2D eigenvalue weighted by Crippen LogP contribution is 2.26. The Morgan fingerprint density at radius 3 is 2.79 bits per heavy atom. The zero-order chi connectivity index (χ0) is 13.8. The molecule has 0 bridgehead atoms. The highest BCUT2D eigenvalue weighted by atomic mass is 19.1. The molecule has 1 aliphatic heterocycles. The number of urea groups is 1. The molecular formula is C13H15FN2O3. The predicted molar refractivity (Wildman–Crippen MR) is 66.0 cm³/mol. The van der Waals surface area contributed by atoms with Gasteiger partial charge in [-0.2, -0.15) is 0 Å². The first-order valence-corrected chi connectivity index (χ1v) is 6.13. The van der Waals surface area contributed by atoms with Crippen molar-refractivity contribution in [1.82, 2.24) is 10.2 Å². The van der Waals surface area contributed by atoms with Crippen LogP contribution in [0.25, 0.3) is 0 Å². The van der Waals surface area contributed by atoms with Crippen LogP contribution in [0.15, 0.2) is 24.3 Å². The molecule has 1 aliphatic rings. The Hall–Kier alpha value is -2.11. The lowest BCUT2D eigenvalue weighted by Gasteiger charge is -2.11. The molecule has 0 aliphatic carbocycles. The summed E-state index contributed by atoms with van der Waals surface area (Å²) < 4.78 is 17.9. The van der Waals surface area contributed by atoms with Crippen molar-refractivity contribution in [2.45, 2.75) is 19.4 Å². The van der Waals surface area contributed by atoms with Gasteiger partial charge in [-0.25, -0.2) is 18.9 Å². The Balaban J connectivity index is 2.02. The fourth-order valence-corrected chi connectivity index (χ4v) is 1.81. The van der Waals surface area contributed by atoms with Crippen LogP contribution < -0.4 is 5.32 Å². The van der Waals surface area contributed by atoms with E-state index in [1.807, 2.05) is 6.92 Å². The summed E-state index contributed by atoms with van der Waals surface area (Å²) in [6.45, 7) is 2.56. The summed E-state index contributed by atoms with van der Waals surface area (Å²) in [6.07, 6.45) is -0.431. The summed E-state index contributed by atoms with van der Waals surface area (Å²) in [5.41, 5.74) is 0.667. The third-order valence-corrected chi connectivity index (χ3v) is 2.83. The van der Waals surface area contributed by atoms with Crippen LogP contribution in [0.1, 0.15) is 25.0 Å². The summed E-state index contributed by atoms with van der Waals surface area (Å²) in [5, 5.41) is 2.61. The quantitative estimate of drug-likeness (QED) is 0.914. The predicted octanol–water partition coefficient (Wildman–Crippen LogP) is 2.44. The first-order valence-electron chi connectivity index (χ1n) is 6.13. The summed E-state index contributed by atoms with van der Waals surface area (Å²) >= 11 is 0. The van der Waals surface area contributed by atoms with E-state index < -0.39 is 18.2 Å². The van der Waals surface area contributed by atoms with Crippen LogP contribution in [-0.2, 0) is 4.74 Å². The molecular weight excluding hydrogens is 251 g/mol. The molecule has 1 heterocycles. The molecule has 1 aromatic rings. The van der Waals surface area contributed by atoms with Crippen molar-refractivity contribution in [1.29, 1.82) is 0 Å². The van der Waals surface area contributed by atoms with Gasteiger partial charge in [-0.3, -0.25) is 0 Å². The number of halogens is 1. The highest BCUT2D eigenvalue weighted by molar-refractivity contribution is 5.92. The average Bonchev–Trinajstić information content (AvgIpc) is 2.79. The van der Waals surface area contributed by atoms with Gasteiger partial charge in [0.15, 0.2) is 0 Å². The molecule has 6 heteroatoms. The number of nitrogens with zero attached hydrogens (tertiary/aromatic N) is 1. The topological polar surface area (TPSA) is 58.6 Å². The molecule has 1 fully saturated rings. The molecule has 1 atom stereocenters. The lowest BCUT2D eigenvalue weighted by Crippen LogP contribution is -2.40. The molecule has 1 unspecified atom stereocenters. The zero-order valence-corrected chi connectivity index (χ0v) is 10.6. The molecule has 1 aromatic carbocycles. The summed E-state index contributed by atoms with van der Waals surface area (Å²) in [7, 11) is 0. The molecule has 0 saturated carbocycles.